The maximum atomic E-state index is 11.9. The molecule has 6 nitrogen and oxygen atoms in total. The van der Waals surface area contributed by atoms with Crippen LogP contribution in [0.3, 0.4) is 0 Å². The Morgan fingerprint density at radius 1 is 1.32 bits per heavy atom. The van der Waals surface area contributed by atoms with Crippen molar-refractivity contribution in [1.29, 1.82) is 0 Å². The molecular weight excluding hydrogens is 284 g/mol. The van der Waals surface area contributed by atoms with E-state index in [1.54, 1.807) is 12.1 Å². The topological polar surface area (TPSA) is 78.9 Å². The van der Waals surface area contributed by atoms with Gasteiger partial charge in [-0.15, -0.1) is 0 Å². The zero-order valence-electron chi connectivity index (χ0n) is 13.0. The van der Waals surface area contributed by atoms with Gasteiger partial charge in [-0.1, -0.05) is 13.8 Å². The molecule has 120 valence electrons. The molecule has 22 heavy (non-hydrogen) atoms. The Hall–Kier alpha value is -2.08. The number of amides is 1. The van der Waals surface area contributed by atoms with Crippen LogP contribution in [0.25, 0.3) is 0 Å². The number of aromatic carboxylic acids is 1. The Labute approximate surface area is 130 Å². The number of benzene rings is 1. The molecule has 0 spiro atoms. The molecule has 1 aliphatic heterocycles. The third kappa shape index (κ3) is 4.21. The lowest BCUT2D eigenvalue weighted by atomic mass is 10.1. The average Bonchev–Trinajstić information content (AvgIpc) is 2.47. The predicted octanol–water partition coefficient (Wildman–Crippen LogP) is 2.21. The summed E-state index contributed by atoms with van der Waals surface area (Å²) in [7, 11) is 0. The van der Waals surface area contributed by atoms with Crippen molar-refractivity contribution in [3.05, 3.63) is 23.8 Å². The van der Waals surface area contributed by atoms with Crippen molar-refractivity contribution in [2.45, 2.75) is 20.3 Å². The number of anilines is 2. The Morgan fingerprint density at radius 3 is 2.59 bits per heavy atom. The van der Waals surface area contributed by atoms with Gasteiger partial charge in [0.15, 0.2) is 0 Å². The number of ether oxygens (including phenoxy) is 1. The van der Waals surface area contributed by atoms with Crippen molar-refractivity contribution in [3.8, 4) is 0 Å². The second kappa shape index (κ2) is 7.26. The fourth-order valence-electron chi connectivity index (χ4n) is 2.41. The second-order valence-corrected chi connectivity index (χ2v) is 5.78. The first-order valence-electron chi connectivity index (χ1n) is 7.47. The number of nitrogens with one attached hydrogen (secondary N) is 1. The van der Waals surface area contributed by atoms with Crippen molar-refractivity contribution < 1.29 is 19.4 Å². The molecule has 2 rings (SSSR count). The number of carboxylic acid groups (broad SMARTS) is 1. The highest BCUT2D eigenvalue weighted by molar-refractivity contribution is 6.01. The lowest BCUT2D eigenvalue weighted by Crippen LogP contribution is -2.36. The summed E-state index contributed by atoms with van der Waals surface area (Å²) in [6.07, 6.45) is 0.365. The van der Waals surface area contributed by atoms with Gasteiger partial charge < -0.3 is 20.1 Å². The van der Waals surface area contributed by atoms with Gasteiger partial charge in [-0.05, 0) is 24.1 Å². The molecule has 0 bridgehead atoms. The van der Waals surface area contributed by atoms with Gasteiger partial charge in [0, 0.05) is 25.2 Å². The number of carboxylic acids is 1. The number of rotatable bonds is 5. The number of nitrogens with zero attached hydrogens (tertiary/aromatic N) is 1. The van der Waals surface area contributed by atoms with E-state index < -0.39 is 5.97 Å². The number of carbonyl (C=O) groups is 2. The van der Waals surface area contributed by atoms with Crippen molar-refractivity contribution in [1.82, 2.24) is 0 Å². The lowest BCUT2D eigenvalue weighted by molar-refractivity contribution is -0.116. The van der Waals surface area contributed by atoms with Gasteiger partial charge in [0.1, 0.15) is 0 Å². The van der Waals surface area contributed by atoms with E-state index in [1.807, 2.05) is 19.9 Å². The summed E-state index contributed by atoms with van der Waals surface area (Å²) in [4.78, 5) is 25.4. The van der Waals surface area contributed by atoms with E-state index in [-0.39, 0.29) is 17.4 Å². The van der Waals surface area contributed by atoms with Gasteiger partial charge in [-0.2, -0.15) is 0 Å². The van der Waals surface area contributed by atoms with Gasteiger partial charge in [-0.3, -0.25) is 4.79 Å². The van der Waals surface area contributed by atoms with E-state index >= 15 is 0 Å². The van der Waals surface area contributed by atoms with Crippen molar-refractivity contribution in [2.75, 3.05) is 36.5 Å². The van der Waals surface area contributed by atoms with Crippen LogP contribution in [0.4, 0.5) is 11.4 Å². The van der Waals surface area contributed by atoms with Crippen LogP contribution in [0, 0.1) is 5.92 Å². The standard InChI is InChI=1S/C16H22N2O4/c1-11(2)9-15(19)17-14-4-3-12(10-13(14)16(20)21)18-5-7-22-8-6-18/h3-4,10-11H,5-9H2,1-2H3,(H,17,19)(H,20,21). The molecule has 1 aliphatic rings. The molecule has 6 heteroatoms. The smallest absolute Gasteiger partial charge is 0.337 e. The van der Waals surface area contributed by atoms with Crippen LogP contribution in [0.1, 0.15) is 30.6 Å². The molecular formula is C16H22N2O4. The van der Waals surface area contributed by atoms with Crippen LogP contribution in [0.15, 0.2) is 18.2 Å². The molecule has 1 heterocycles. The van der Waals surface area contributed by atoms with Crippen molar-refractivity contribution in [2.24, 2.45) is 5.92 Å². The van der Waals surface area contributed by atoms with Gasteiger partial charge in [0.05, 0.1) is 24.5 Å². The van der Waals surface area contributed by atoms with Crippen LogP contribution >= 0.6 is 0 Å². The molecule has 1 saturated heterocycles. The number of hydrogen-bond acceptors (Lipinski definition) is 4. The second-order valence-electron chi connectivity index (χ2n) is 5.78. The predicted molar refractivity (Wildman–Crippen MR) is 84.5 cm³/mol. The monoisotopic (exact) mass is 306 g/mol. The van der Waals surface area contributed by atoms with E-state index in [2.05, 4.69) is 10.2 Å². The minimum atomic E-state index is -1.05. The minimum Gasteiger partial charge on any atom is -0.478 e. The summed E-state index contributed by atoms with van der Waals surface area (Å²) in [5, 5.41) is 12.1. The van der Waals surface area contributed by atoms with Crippen LogP contribution < -0.4 is 10.2 Å². The molecule has 1 aromatic carbocycles. The number of carbonyl (C=O) groups excluding carboxylic acids is 1. The van der Waals surface area contributed by atoms with Crippen LogP contribution in [-0.4, -0.2) is 43.3 Å². The molecule has 1 aromatic rings. The number of morpholine rings is 1. The Bertz CT molecular complexity index is 551. The van der Waals surface area contributed by atoms with Gasteiger partial charge in [0.2, 0.25) is 5.91 Å². The van der Waals surface area contributed by atoms with Crippen LogP contribution in [0.2, 0.25) is 0 Å². The average molecular weight is 306 g/mol. The first-order valence-corrected chi connectivity index (χ1v) is 7.47. The zero-order valence-corrected chi connectivity index (χ0v) is 13.0. The summed E-state index contributed by atoms with van der Waals surface area (Å²) in [6.45, 7) is 6.62. The third-order valence-electron chi connectivity index (χ3n) is 3.48. The molecule has 0 radical (unpaired) electrons. The highest BCUT2D eigenvalue weighted by Gasteiger charge is 2.17. The Kier molecular flexibility index (Phi) is 5.38. The van der Waals surface area contributed by atoms with E-state index in [0.29, 0.717) is 25.3 Å². The maximum absolute atomic E-state index is 11.9. The number of hydrogen-bond donors (Lipinski definition) is 2. The third-order valence-corrected chi connectivity index (χ3v) is 3.48. The first kappa shape index (κ1) is 16.3. The molecule has 0 atom stereocenters. The first-order chi connectivity index (χ1) is 10.5. The molecule has 0 unspecified atom stereocenters. The minimum absolute atomic E-state index is 0.112. The Morgan fingerprint density at radius 2 is 2.00 bits per heavy atom. The molecule has 2 N–H and O–H groups in total. The van der Waals surface area contributed by atoms with Crippen LogP contribution in [-0.2, 0) is 9.53 Å². The SMILES string of the molecule is CC(C)CC(=O)Nc1ccc(N2CCOCC2)cc1C(=O)O. The summed E-state index contributed by atoms with van der Waals surface area (Å²) in [5.74, 6) is -0.993. The van der Waals surface area contributed by atoms with Gasteiger partial charge in [-0.25, -0.2) is 4.79 Å². The van der Waals surface area contributed by atoms with Crippen molar-refractivity contribution in [3.63, 3.8) is 0 Å². The summed E-state index contributed by atoms with van der Waals surface area (Å²) in [6, 6.07) is 5.11. The Balaban J connectivity index is 2.19. The zero-order chi connectivity index (χ0) is 16.1. The summed E-state index contributed by atoms with van der Waals surface area (Å²) < 4.78 is 5.30. The van der Waals surface area contributed by atoms with Gasteiger partial charge >= 0.3 is 5.97 Å². The van der Waals surface area contributed by atoms with Gasteiger partial charge in [0.25, 0.3) is 0 Å². The molecule has 1 fully saturated rings. The molecule has 1 amide bonds. The van der Waals surface area contributed by atoms with E-state index in [0.717, 1.165) is 18.8 Å². The highest BCUT2D eigenvalue weighted by Crippen LogP contribution is 2.24. The largest absolute Gasteiger partial charge is 0.478 e. The molecule has 0 saturated carbocycles. The lowest BCUT2D eigenvalue weighted by Gasteiger charge is -2.29. The van der Waals surface area contributed by atoms with E-state index in [4.69, 9.17) is 4.74 Å². The maximum Gasteiger partial charge on any atom is 0.337 e. The van der Waals surface area contributed by atoms with E-state index in [1.165, 1.54) is 0 Å². The highest BCUT2D eigenvalue weighted by atomic mass is 16.5. The normalized spacial score (nSPS) is 15.0. The quantitative estimate of drug-likeness (QED) is 0.872. The van der Waals surface area contributed by atoms with E-state index in [9.17, 15) is 14.7 Å². The molecule has 0 aliphatic carbocycles. The fraction of sp³-hybridized carbons (Fsp3) is 0.500. The molecule has 0 aromatic heterocycles. The fourth-order valence-corrected chi connectivity index (χ4v) is 2.41. The van der Waals surface area contributed by atoms with Crippen LogP contribution in [0.5, 0.6) is 0 Å². The summed E-state index contributed by atoms with van der Waals surface area (Å²) in [5.41, 5.74) is 1.29. The van der Waals surface area contributed by atoms with Crippen molar-refractivity contribution >= 4 is 23.3 Å². The summed E-state index contributed by atoms with van der Waals surface area (Å²) >= 11 is 0.